The van der Waals surface area contributed by atoms with Crippen molar-refractivity contribution in [2.24, 2.45) is 22.1 Å². The van der Waals surface area contributed by atoms with Crippen molar-refractivity contribution >= 4 is 22.8 Å². The Morgan fingerprint density at radius 1 is 1.34 bits per heavy atom. The smallest absolute Gasteiger partial charge is 0.225 e. The lowest BCUT2D eigenvalue weighted by atomic mass is 9.67. The maximum Gasteiger partial charge on any atom is 0.225 e. The fourth-order valence-electron chi connectivity index (χ4n) is 4.80. The Labute approximate surface area is 178 Å². The molecular weight excluding hydrogens is 382 g/mol. The van der Waals surface area contributed by atoms with E-state index in [0.717, 1.165) is 30.8 Å². The van der Waals surface area contributed by atoms with Crippen molar-refractivity contribution in [3.05, 3.63) is 29.3 Å². The lowest BCUT2D eigenvalue weighted by Gasteiger charge is -2.49. The van der Waals surface area contributed by atoms with E-state index in [0.29, 0.717) is 11.1 Å². The van der Waals surface area contributed by atoms with E-state index in [-0.39, 0.29) is 34.9 Å². The van der Waals surface area contributed by atoms with Crippen LogP contribution in [0, 0.1) is 11.3 Å². The summed E-state index contributed by atoms with van der Waals surface area (Å²) < 4.78 is 6.48. The predicted octanol–water partition coefficient (Wildman–Crippen LogP) is 4.16. The first-order valence-electron chi connectivity index (χ1n) is 10.7. The number of carbonyl (C=O) groups excluding carboxylic acids is 1. The van der Waals surface area contributed by atoms with Crippen LogP contribution in [0.5, 0.6) is 5.75 Å². The van der Waals surface area contributed by atoms with Gasteiger partial charge in [0.05, 0.1) is 0 Å². The summed E-state index contributed by atoms with van der Waals surface area (Å²) in [4.78, 5) is 17.6. The summed E-state index contributed by atoms with van der Waals surface area (Å²) in [7, 11) is 0. The highest BCUT2D eigenvalue weighted by Gasteiger charge is 2.54. The van der Waals surface area contributed by atoms with Crippen LogP contribution in [0.15, 0.2) is 23.2 Å². The van der Waals surface area contributed by atoms with Gasteiger partial charge in [-0.05, 0) is 42.9 Å². The van der Waals surface area contributed by atoms with E-state index >= 15 is 0 Å². The second-order valence-corrected chi connectivity index (χ2v) is 11.1. The summed E-state index contributed by atoms with van der Waals surface area (Å²) in [6, 6.07) is 6.71. The van der Waals surface area contributed by atoms with Crippen molar-refractivity contribution in [1.82, 2.24) is 5.32 Å². The average Bonchev–Trinajstić information content (AvgIpc) is 3.04. The third-order valence-corrected chi connectivity index (χ3v) is 7.55. The number of amides is 1. The normalized spacial score (nSPS) is 31.1. The minimum absolute atomic E-state index is 0.109. The predicted molar refractivity (Wildman–Crippen MR) is 119 cm³/mol. The van der Waals surface area contributed by atoms with E-state index in [2.05, 4.69) is 37.4 Å². The molecule has 0 radical (unpaired) electrons. The van der Waals surface area contributed by atoms with Crippen molar-refractivity contribution in [3.8, 4) is 5.75 Å². The summed E-state index contributed by atoms with van der Waals surface area (Å²) in [5.74, 6) is 2.56. The fraction of sp³-hybridized carbons (Fsp3) is 0.652. The molecule has 2 aliphatic heterocycles. The molecule has 4 unspecified atom stereocenters. The molecule has 1 aromatic carbocycles. The molecule has 29 heavy (non-hydrogen) atoms. The topological polar surface area (TPSA) is 76.7 Å². The third-order valence-electron chi connectivity index (χ3n) is 6.58. The molecule has 0 aromatic heterocycles. The Morgan fingerprint density at radius 2 is 2.10 bits per heavy atom. The van der Waals surface area contributed by atoms with Gasteiger partial charge in [0.1, 0.15) is 17.4 Å². The number of hydrogen-bond acceptors (Lipinski definition) is 5. The van der Waals surface area contributed by atoms with Crippen LogP contribution in [0.1, 0.15) is 70.9 Å². The lowest BCUT2D eigenvalue weighted by molar-refractivity contribution is -0.130. The minimum atomic E-state index is -0.387. The first kappa shape index (κ1) is 20.6. The molecule has 1 aliphatic carbocycles. The number of thioether (sulfide) groups is 1. The van der Waals surface area contributed by atoms with Crippen LogP contribution < -0.4 is 15.8 Å². The fourth-order valence-corrected chi connectivity index (χ4v) is 5.83. The number of nitrogens with zero attached hydrogens (tertiary/aromatic N) is 1. The molecule has 1 fully saturated rings. The van der Waals surface area contributed by atoms with Gasteiger partial charge in [-0.2, -0.15) is 0 Å². The standard InChI is InChI=1S/C23H33N3O2S/c1-13(2)14-6-8-18-16(10-14)23(12-29-21(24)26-23)17-11-15(7-9-19(17)28-18)25-20(27)22(3,4)5/h6,8,10,13,15,17,19H,7,9,11-12H2,1-5H3,(H2,24,26)(H,25,27). The second-order valence-electron chi connectivity index (χ2n) is 10.1. The van der Waals surface area contributed by atoms with Gasteiger partial charge in [-0.15, -0.1) is 0 Å². The average molecular weight is 416 g/mol. The van der Waals surface area contributed by atoms with E-state index in [4.69, 9.17) is 15.5 Å². The zero-order valence-electron chi connectivity index (χ0n) is 18.1. The van der Waals surface area contributed by atoms with Crippen molar-refractivity contribution in [2.45, 2.75) is 77.5 Å². The summed E-state index contributed by atoms with van der Waals surface area (Å²) >= 11 is 1.64. The van der Waals surface area contributed by atoms with Crippen molar-refractivity contribution in [1.29, 1.82) is 0 Å². The van der Waals surface area contributed by atoms with Gasteiger partial charge >= 0.3 is 0 Å². The van der Waals surface area contributed by atoms with Crippen LogP contribution in [-0.4, -0.2) is 29.0 Å². The van der Waals surface area contributed by atoms with Gasteiger partial charge in [0, 0.05) is 28.7 Å². The second kappa shape index (κ2) is 7.22. The molecule has 6 heteroatoms. The molecule has 3 aliphatic rings. The molecule has 0 bridgehead atoms. The number of benzene rings is 1. The Bertz CT molecular complexity index is 845. The SMILES string of the molecule is CC(C)c1ccc2c(c1)C1(CSC(N)=N1)C1CC(NC(=O)C(C)(C)C)CCC1O2. The Balaban J connectivity index is 1.70. The van der Waals surface area contributed by atoms with Gasteiger partial charge in [-0.25, -0.2) is 4.99 Å². The van der Waals surface area contributed by atoms with Gasteiger partial charge in [-0.3, -0.25) is 4.79 Å². The maximum absolute atomic E-state index is 12.6. The van der Waals surface area contributed by atoms with Gasteiger partial charge in [0.25, 0.3) is 0 Å². The number of hydrogen-bond donors (Lipinski definition) is 2. The quantitative estimate of drug-likeness (QED) is 0.760. The number of aliphatic imine (C=N–C) groups is 1. The van der Waals surface area contributed by atoms with E-state index in [1.54, 1.807) is 11.8 Å². The summed E-state index contributed by atoms with van der Waals surface area (Å²) in [6.07, 6.45) is 2.85. The number of carbonyl (C=O) groups is 1. The highest BCUT2D eigenvalue weighted by molar-refractivity contribution is 8.14. The van der Waals surface area contributed by atoms with Gasteiger partial charge < -0.3 is 15.8 Å². The van der Waals surface area contributed by atoms with Crippen molar-refractivity contribution < 1.29 is 9.53 Å². The maximum atomic E-state index is 12.6. The van der Waals surface area contributed by atoms with E-state index in [1.165, 1.54) is 11.1 Å². The van der Waals surface area contributed by atoms with E-state index < -0.39 is 0 Å². The number of rotatable bonds is 2. The molecule has 1 saturated carbocycles. The van der Waals surface area contributed by atoms with Gasteiger partial charge in [0.2, 0.25) is 5.91 Å². The van der Waals surface area contributed by atoms with Crippen molar-refractivity contribution in [3.63, 3.8) is 0 Å². The van der Waals surface area contributed by atoms with Crippen LogP contribution in [0.25, 0.3) is 0 Å². The zero-order valence-corrected chi connectivity index (χ0v) is 18.9. The highest BCUT2D eigenvalue weighted by Crippen LogP contribution is 2.54. The molecule has 5 nitrogen and oxygen atoms in total. The van der Waals surface area contributed by atoms with Crippen LogP contribution >= 0.6 is 11.8 Å². The first-order valence-corrected chi connectivity index (χ1v) is 11.7. The monoisotopic (exact) mass is 415 g/mol. The molecular formula is C23H33N3O2S. The molecule has 1 aromatic rings. The number of ether oxygens (including phenoxy) is 1. The first-order chi connectivity index (χ1) is 13.6. The Kier molecular flexibility index (Phi) is 5.12. The molecule has 4 rings (SSSR count). The number of nitrogens with two attached hydrogens (primary N) is 1. The van der Waals surface area contributed by atoms with Gasteiger partial charge in [-0.1, -0.05) is 52.4 Å². The molecule has 158 valence electrons. The summed E-state index contributed by atoms with van der Waals surface area (Å²) in [6.45, 7) is 10.3. The molecule has 2 heterocycles. The third kappa shape index (κ3) is 3.65. The van der Waals surface area contributed by atoms with Crippen LogP contribution in [0.4, 0.5) is 0 Å². The summed E-state index contributed by atoms with van der Waals surface area (Å²) in [5, 5.41) is 3.94. The molecule has 4 atom stereocenters. The molecule has 0 saturated heterocycles. The van der Waals surface area contributed by atoms with Crippen molar-refractivity contribution in [2.75, 3.05) is 5.75 Å². The zero-order chi connectivity index (χ0) is 21.0. The highest BCUT2D eigenvalue weighted by atomic mass is 32.2. The van der Waals surface area contributed by atoms with Crippen LogP contribution in [-0.2, 0) is 10.3 Å². The van der Waals surface area contributed by atoms with Gasteiger partial charge in [0.15, 0.2) is 5.17 Å². The minimum Gasteiger partial charge on any atom is -0.490 e. The lowest BCUT2D eigenvalue weighted by Crippen LogP contribution is -2.55. The number of fused-ring (bicyclic) bond motifs is 4. The number of nitrogens with one attached hydrogen (secondary N) is 1. The van der Waals surface area contributed by atoms with Crippen LogP contribution in [0.3, 0.4) is 0 Å². The largest absolute Gasteiger partial charge is 0.490 e. The Morgan fingerprint density at radius 3 is 2.72 bits per heavy atom. The van der Waals surface area contributed by atoms with E-state index in [1.807, 2.05) is 20.8 Å². The molecule has 1 spiro atoms. The molecule has 1 amide bonds. The molecule has 3 N–H and O–H groups in total. The van der Waals surface area contributed by atoms with E-state index in [9.17, 15) is 4.79 Å². The van der Waals surface area contributed by atoms with Crippen LogP contribution in [0.2, 0.25) is 0 Å². The summed E-state index contributed by atoms with van der Waals surface area (Å²) in [5.41, 5.74) is 7.91. The number of amidine groups is 1. The Hall–Kier alpha value is -1.69.